The standard InChI is InChI=1S/C11H13FINO5S/c1-11(10(16)17,20(2,18)19)3-4-14-6-7(12)8(13)5-9(14)15/h5-6H,3-4H2,1-2H3,(H,16,17)/t11-/m1/s1. The van der Waals surface area contributed by atoms with Gasteiger partial charge in [-0.3, -0.25) is 9.59 Å². The van der Waals surface area contributed by atoms with Crippen LogP contribution in [-0.4, -0.2) is 35.1 Å². The summed E-state index contributed by atoms with van der Waals surface area (Å²) in [5.41, 5.74) is -0.517. The minimum absolute atomic E-state index is 0.146. The summed E-state index contributed by atoms with van der Waals surface area (Å²) >= 11 is 1.66. The van der Waals surface area contributed by atoms with Gasteiger partial charge in [-0.15, -0.1) is 0 Å². The van der Waals surface area contributed by atoms with Crippen molar-refractivity contribution in [2.45, 2.75) is 24.6 Å². The molecule has 1 aromatic rings. The maximum absolute atomic E-state index is 13.4. The van der Waals surface area contributed by atoms with Gasteiger partial charge in [0.15, 0.2) is 20.4 Å². The van der Waals surface area contributed by atoms with Gasteiger partial charge in [-0.25, -0.2) is 12.8 Å². The van der Waals surface area contributed by atoms with Gasteiger partial charge in [0, 0.05) is 25.1 Å². The van der Waals surface area contributed by atoms with Crippen molar-refractivity contribution >= 4 is 38.4 Å². The first-order valence-corrected chi connectivity index (χ1v) is 8.44. The zero-order chi connectivity index (χ0) is 15.7. The van der Waals surface area contributed by atoms with Crippen molar-refractivity contribution in [2.75, 3.05) is 6.26 Å². The number of halogens is 2. The molecule has 1 N–H and O–H groups in total. The van der Waals surface area contributed by atoms with E-state index in [1.54, 1.807) is 22.6 Å². The first kappa shape index (κ1) is 17.1. The fourth-order valence-corrected chi connectivity index (χ4v) is 2.67. The van der Waals surface area contributed by atoms with Gasteiger partial charge in [-0.1, -0.05) is 0 Å². The number of hydrogen-bond acceptors (Lipinski definition) is 4. The third-order valence-electron chi connectivity index (χ3n) is 3.13. The highest BCUT2D eigenvalue weighted by molar-refractivity contribution is 14.1. The molecule has 0 aliphatic heterocycles. The maximum atomic E-state index is 13.4. The van der Waals surface area contributed by atoms with E-state index in [4.69, 9.17) is 5.11 Å². The van der Waals surface area contributed by atoms with E-state index in [1.165, 1.54) is 0 Å². The molecule has 0 aliphatic carbocycles. The van der Waals surface area contributed by atoms with Crippen molar-refractivity contribution in [1.29, 1.82) is 0 Å². The van der Waals surface area contributed by atoms with E-state index in [0.29, 0.717) is 0 Å². The zero-order valence-corrected chi connectivity index (χ0v) is 13.7. The molecule has 9 heteroatoms. The second-order valence-electron chi connectivity index (χ2n) is 4.56. The van der Waals surface area contributed by atoms with Crippen LogP contribution in [0, 0.1) is 9.39 Å². The lowest BCUT2D eigenvalue weighted by molar-refractivity contribution is -0.139. The normalized spacial score (nSPS) is 14.8. The van der Waals surface area contributed by atoms with E-state index < -0.39 is 31.9 Å². The number of aryl methyl sites for hydroxylation is 1. The van der Waals surface area contributed by atoms with Crippen LogP contribution >= 0.6 is 22.6 Å². The predicted molar refractivity (Wildman–Crippen MR) is 78.9 cm³/mol. The van der Waals surface area contributed by atoms with Gasteiger partial charge in [0.2, 0.25) is 0 Å². The van der Waals surface area contributed by atoms with Crippen molar-refractivity contribution in [3.8, 4) is 0 Å². The van der Waals surface area contributed by atoms with Gasteiger partial charge >= 0.3 is 5.97 Å². The first-order chi connectivity index (χ1) is 8.99. The van der Waals surface area contributed by atoms with Crippen LogP contribution in [0.25, 0.3) is 0 Å². The van der Waals surface area contributed by atoms with Crippen LogP contribution in [0.1, 0.15) is 13.3 Å². The number of aliphatic carboxylic acids is 1. The van der Waals surface area contributed by atoms with E-state index in [1.807, 2.05) is 0 Å². The number of carboxylic acid groups (broad SMARTS) is 1. The molecule has 0 fully saturated rings. The lowest BCUT2D eigenvalue weighted by atomic mass is 10.1. The molecule has 1 heterocycles. The van der Waals surface area contributed by atoms with Crippen LogP contribution in [-0.2, 0) is 21.2 Å². The summed E-state index contributed by atoms with van der Waals surface area (Å²) in [7, 11) is -3.88. The van der Waals surface area contributed by atoms with Crippen LogP contribution < -0.4 is 5.56 Å². The average Bonchev–Trinajstić information content (AvgIpc) is 2.29. The molecule has 0 spiro atoms. The molecule has 1 aromatic heterocycles. The first-order valence-electron chi connectivity index (χ1n) is 5.47. The number of hydrogen-bond donors (Lipinski definition) is 1. The number of carboxylic acids is 1. The molecule has 20 heavy (non-hydrogen) atoms. The molecule has 1 rings (SSSR count). The Balaban J connectivity index is 3.10. The number of nitrogens with zero attached hydrogens (tertiary/aromatic N) is 1. The van der Waals surface area contributed by atoms with Gasteiger partial charge < -0.3 is 9.67 Å². The van der Waals surface area contributed by atoms with Crippen molar-refractivity contribution in [1.82, 2.24) is 4.57 Å². The lowest BCUT2D eigenvalue weighted by Crippen LogP contribution is -2.44. The molecule has 112 valence electrons. The molecular formula is C11H13FINO5S. The number of pyridine rings is 1. The Labute approximate surface area is 128 Å². The van der Waals surface area contributed by atoms with Crippen LogP contribution in [0.5, 0.6) is 0 Å². The molecule has 0 aromatic carbocycles. The molecule has 0 radical (unpaired) electrons. The van der Waals surface area contributed by atoms with Crippen LogP contribution in [0.2, 0.25) is 0 Å². The predicted octanol–water partition coefficient (Wildman–Crippen LogP) is 0.870. The van der Waals surface area contributed by atoms with Crippen molar-refractivity contribution in [3.05, 3.63) is 32.0 Å². The smallest absolute Gasteiger partial charge is 0.324 e. The zero-order valence-electron chi connectivity index (χ0n) is 10.8. The molecule has 0 bridgehead atoms. The minimum atomic E-state index is -3.88. The largest absolute Gasteiger partial charge is 0.480 e. The van der Waals surface area contributed by atoms with Gasteiger partial charge in [0.1, 0.15) is 0 Å². The quantitative estimate of drug-likeness (QED) is 0.718. The van der Waals surface area contributed by atoms with Crippen LogP contribution in [0.4, 0.5) is 4.39 Å². The maximum Gasteiger partial charge on any atom is 0.324 e. The Kier molecular flexibility index (Phi) is 4.95. The fraction of sp³-hybridized carbons (Fsp3) is 0.455. The Morgan fingerprint density at radius 1 is 1.55 bits per heavy atom. The fourth-order valence-electron chi connectivity index (χ4n) is 1.48. The van der Waals surface area contributed by atoms with E-state index in [0.717, 1.165) is 30.0 Å². The Morgan fingerprint density at radius 3 is 2.55 bits per heavy atom. The SMILES string of the molecule is C[C@@](CCn1cc(F)c(I)cc1=O)(C(=O)O)S(C)(=O)=O. The molecular weight excluding hydrogens is 404 g/mol. The van der Waals surface area contributed by atoms with E-state index in [9.17, 15) is 22.4 Å². The Hall–Kier alpha value is -0.970. The van der Waals surface area contributed by atoms with Gasteiger partial charge in [0.05, 0.1) is 3.57 Å². The molecule has 0 saturated heterocycles. The molecule has 0 amide bonds. The van der Waals surface area contributed by atoms with Gasteiger partial charge in [0.25, 0.3) is 5.56 Å². The van der Waals surface area contributed by atoms with E-state index in [2.05, 4.69) is 0 Å². The summed E-state index contributed by atoms with van der Waals surface area (Å²) < 4.78 is 35.6. The molecule has 6 nitrogen and oxygen atoms in total. The van der Waals surface area contributed by atoms with Gasteiger partial charge in [-0.05, 0) is 35.9 Å². The summed E-state index contributed by atoms with van der Waals surface area (Å²) in [6, 6.07) is 1.06. The molecule has 0 unspecified atom stereocenters. The van der Waals surface area contributed by atoms with E-state index >= 15 is 0 Å². The number of sulfone groups is 1. The lowest BCUT2D eigenvalue weighted by Gasteiger charge is -2.23. The third-order valence-corrected chi connectivity index (χ3v) is 5.97. The van der Waals surface area contributed by atoms with Crippen LogP contribution in [0.3, 0.4) is 0 Å². The van der Waals surface area contributed by atoms with Crippen molar-refractivity contribution < 1.29 is 22.7 Å². The molecule has 0 saturated carbocycles. The van der Waals surface area contributed by atoms with Crippen molar-refractivity contribution in [2.24, 2.45) is 0 Å². The number of aromatic nitrogens is 1. The summed E-state index contributed by atoms with van der Waals surface area (Å²) in [6.07, 6.45) is 1.42. The number of rotatable bonds is 5. The Bertz CT molecular complexity index is 699. The second kappa shape index (κ2) is 5.80. The van der Waals surface area contributed by atoms with Crippen molar-refractivity contribution in [3.63, 3.8) is 0 Å². The summed E-state index contributed by atoms with van der Waals surface area (Å²) in [5, 5.41) is 9.07. The van der Waals surface area contributed by atoms with E-state index in [-0.39, 0.29) is 16.5 Å². The number of carbonyl (C=O) groups is 1. The highest BCUT2D eigenvalue weighted by Crippen LogP contribution is 2.22. The molecule has 0 aliphatic rings. The van der Waals surface area contributed by atoms with Gasteiger partial charge in [-0.2, -0.15) is 0 Å². The minimum Gasteiger partial charge on any atom is -0.480 e. The highest BCUT2D eigenvalue weighted by Gasteiger charge is 2.43. The summed E-state index contributed by atoms with van der Waals surface area (Å²) in [4.78, 5) is 22.8. The second-order valence-corrected chi connectivity index (χ2v) is 8.17. The summed E-state index contributed by atoms with van der Waals surface area (Å²) in [5.74, 6) is -2.12. The topological polar surface area (TPSA) is 93.4 Å². The average molecular weight is 417 g/mol. The molecule has 1 atom stereocenters. The van der Waals surface area contributed by atoms with Crippen LogP contribution in [0.15, 0.2) is 17.1 Å². The Morgan fingerprint density at radius 2 is 2.10 bits per heavy atom. The third kappa shape index (κ3) is 3.37. The highest BCUT2D eigenvalue weighted by atomic mass is 127. The monoisotopic (exact) mass is 417 g/mol. The summed E-state index contributed by atoms with van der Waals surface area (Å²) in [6.45, 7) is 0.862.